The highest BCUT2D eigenvalue weighted by atomic mass is 16.4. The number of furan rings is 1. The summed E-state index contributed by atoms with van der Waals surface area (Å²) in [5.74, 6) is -0.208. The number of nitrogens with one attached hydrogen (secondary N) is 1. The number of hydrogen-bond acceptors (Lipinski definition) is 5. The van der Waals surface area contributed by atoms with Gasteiger partial charge in [-0.05, 0) is 18.6 Å². The summed E-state index contributed by atoms with van der Waals surface area (Å²) < 4.78 is 5.76. The fraction of sp³-hybridized carbons (Fsp3) is 0.214. The third-order valence-corrected chi connectivity index (χ3v) is 3.02. The fourth-order valence-corrected chi connectivity index (χ4v) is 2.10. The van der Waals surface area contributed by atoms with Crippen molar-refractivity contribution in [2.24, 2.45) is 0 Å². The van der Waals surface area contributed by atoms with E-state index in [1.165, 1.54) is 6.33 Å². The minimum atomic E-state index is -0.802. The molecule has 0 amide bonds. The van der Waals surface area contributed by atoms with Crippen molar-refractivity contribution in [1.82, 2.24) is 9.97 Å². The molecule has 0 fully saturated rings. The van der Waals surface area contributed by atoms with Crippen molar-refractivity contribution in [2.45, 2.75) is 12.8 Å². The summed E-state index contributed by atoms with van der Waals surface area (Å²) in [6.45, 7) is 0.523. The number of para-hydroxylation sites is 1. The lowest BCUT2D eigenvalue weighted by Gasteiger charge is -2.03. The number of carboxylic acid groups (broad SMARTS) is 1. The highest BCUT2D eigenvalue weighted by Gasteiger charge is 2.12. The second-order valence-electron chi connectivity index (χ2n) is 4.42. The first-order chi connectivity index (χ1) is 9.75. The minimum absolute atomic E-state index is 0.126. The topological polar surface area (TPSA) is 88.2 Å². The van der Waals surface area contributed by atoms with E-state index < -0.39 is 5.97 Å². The lowest BCUT2D eigenvalue weighted by Crippen LogP contribution is -2.06. The van der Waals surface area contributed by atoms with Gasteiger partial charge in [-0.25, -0.2) is 9.97 Å². The van der Waals surface area contributed by atoms with E-state index in [0.717, 1.165) is 16.5 Å². The number of rotatable bonds is 5. The predicted octanol–water partition coefficient (Wildman–Crippen LogP) is 2.65. The Labute approximate surface area is 114 Å². The molecule has 2 aromatic heterocycles. The van der Waals surface area contributed by atoms with E-state index in [2.05, 4.69) is 15.3 Å². The van der Waals surface area contributed by atoms with Gasteiger partial charge in [-0.3, -0.25) is 4.79 Å². The molecule has 2 heterocycles. The van der Waals surface area contributed by atoms with Gasteiger partial charge in [0.15, 0.2) is 11.4 Å². The molecule has 0 spiro atoms. The molecule has 3 rings (SSSR count). The summed E-state index contributed by atoms with van der Waals surface area (Å²) in [6.07, 6.45) is 2.13. The first-order valence-corrected chi connectivity index (χ1v) is 6.33. The van der Waals surface area contributed by atoms with Gasteiger partial charge in [0, 0.05) is 18.4 Å². The van der Waals surface area contributed by atoms with Gasteiger partial charge in [0.05, 0.1) is 0 Å². The zero-order chi connectivity index (χ0) is 13.9. The van der Waals surface area contributed by atoms with E-state index in [4.69, 9.17) is 9.52 Å². The van der Waals surface area contributed by atoms with Gasteiger partial charge in [0.1, 0.15) is 17.4 Å². The predicted molar refractivity (Wildman–Crippen MR) is 74.7 cm³/mol. The van der Waals surface area contributed by atoms with Crippen LogP contribution in [-0.2, 0) is 4.79 Å². The van der Waals surface area contributed by atoms with E-state index in [1.54, 1.807) is 0 Å². The van der Waals surface area contributed by atoms with E-state index in [-0.39, 0.29) is 6.42 Å². The second kappa shape index (κ2) is 5.16. The Morgan fingerprint density at radius 1 is 1.30 bits per heavy atom. The van der Waals surface area contributed by atoms with Crippen LogP contribution in [0, 0.1) is 0 Å². The largest absolute Gasteiger partial charge is 0.481 e. The highest BCUT2D eigenvalue weighted by molar-refractivity contribution is 6.05. The molecule has 0 aliphatic rings. The number of carbonyl (C=O) groups is 1. The Bertz CT molecular complexity index is 767. The monoisotopic (exact) mass is 271 g/mol. The molecule has 6 nitrogen and oxygen atoms in total. The summed E-state index contributed by atoms with van der Waals surface area (Å²) in [7, 11) is 0. The van der Waals surface area contributed by atoms with Crippen LogP contribution in [0.2, 0.25) is 0 Å². The number of hydrogen-bond donors (Lipinski definition) is 2. The summed E-state index contributed by atoms with van der Waals surface area (Å²) in [6, 6.07) is 7.66. The zero-order valence-corrected chi connectivity index (χ0v) is 10.7. The lowest BCUT2D eigenvalue weighted by atomic mass is 10.2. The van der Waals surface area contributed by atoms with Gasteiger partial charge in [0.25, 0.3) is 0 Å². The number of aliphatic carboxylic acids is 1. The molecular formula is C14H13N3O3. The quantitative estimate of drug-likeness (QED) is 0.693. The molecular weight excluding hydrogens is 258 g/mol. The van der Waals surface area contributed by atoms with Crippen LogP contribution in [0.25, 0.3) is 22.1 Å². The van der Waals surface area contributed by atoms with Gasteiger partial charge in [-0.15, -0.1) is 0 Å². The smallest absolute Gasteiger partial charge is 0.303 e. The number of aromatic nitrogens is 2. The highest BCUT2D eigenvalue weighted by Crippen LogP contribution is 2.30. The number of fused-ring (bicyclic) bond motifs is 3. The standard InChI is InChI=1S/C14H13N3O3/c18-11(19)6-3-7-15-14-13-12(16-8-17-14)9-4-1-2-5-10(9)20-13/h1-2,4-5,8H,3,6-7H2,(H,18,19)(H,15,16,17). The van der Waals surface area contributed by atoms with Crippen molar-refractivity contribution < 1.29 is 14.3 Å². The molecule has 2 N–H and O–H groups in total. The van der Waals surface area contributed by atoms with Crippen molar-refractivity contribution in [3.8, 4) is 0 Å². The summed E-state index contributed by atoms with van der Waals surface area (Å²) in [4.78, 5) is 18.9. The minimum Gasteiger partial charge on any atom is -0.481 e. The summed E-state index contributed by atoms with van der Waals surface area (Å²) in [5, 5.41) is 12.6. The van der Waals surface area contributed by atoms with Crippen molar-refractivity contribution in [1.29, 1.82) is 0 Å². The Morgan fingerprint density at radius 3 is 3.00 bits per heavy atom. The van der Waals surface area contributed by atoms with Gasteiger partial charge >= 0.3 is 5.97 Å². The number of anilines is 1. The number of nitrogens with zero attached hydrogens (tertiary/aromatic N) is 2. The van der Waals surface area contributed by atoms with Crippen LogP contribution >= 0.6 is 0 Å². The van der Waals surface area contributed by atoms with Gasteiger partial charge in [-0.1, -0.05) is 12.1 Å². The maximum atomic E-state index is 10.5. The second-order valence-corrected chi connectivity index (χ2v) is 4.42. The third-order valence-electron chi connectivity index (χ3n) is 3.02. The first-order valence-electron chi connectivity index (χ1n) is 6.33. The molecule has 3 aromatic rings. The van der Waals surface area contributed by atoms with E-state index in [9.17, 15) is 4.79 Å². The van der Waals surface area contributed by atoms with Crippen molar-refractivity contribution in [3.05, 3.63) is 30.6 Å². The van der Waals surface area contributed by atoms with E-state index >= 15 is 0 Å². The van der Waals surface area contributed by atoms with Crippen LogP contribution in [0.15, 0.2) is 35.0 Å². The molecule has 6 heteroatoms. The molecule has 20 heavy (non-hydrogen) atoms. The molecule has 102 valence electrons. The summed E-state index contributed by atoms with van der Waals surface area (Å²) >= 11 is 0. The van der Waals surface area contributed by atoms with Crippen LogP contribution < -0.4 is 5.32 Å². The van der Waals surface area contributed by atoms with Crippen LogP contribution in [-0.4, -0.2) is 27.6 Å². The normalized spacial score (nSPS) is 11.0. The average Bonchev–Trinajstić information content (AvgIpc) is 2.83. The van der Waals surface area contributed by atoms with E-state index in [1.807, 2.05) is 24.3 Å². The summed E-state index contributed by atoms with van der Waals surface area (Å²) in [5.41, 5.74) is 2.12. The molecule has 1 aromatic carbocycles. The van der Waals surface area contributed by atoms with Crippen molar-refractivity contribution in [2.75, 3.05) is 11.9 Å². The molecule has 0 radical (unpaired) electrons. The average molecular weight is 271 g/mol. The van der Waals surface area contributed by atoms with Gasteiger partial charge < -0.3 is 14.8 Å². The van der Waals surface area contributed by atoms with Crippen LogP contribution in [0.3, 0.4) is 0 Å². The van der Waals surface area contributed by atoms with Gasteiger partial charge in [-0.2, -0.15) is 0 Å². The molecule has 0 saturated heterocycles. The Morgan fingerprint density at radius 2 is 2.15 bits per heavy atom. The van der Waals surface area contributed by atoms with E-state index in [0.29, 0.717) is 24.4 Å². The fourth-order valence-electron chi connectivity index (χ4n) is 2.10. The lowest BCUT2D eigenvalue weighted by molar-refractivity contribution is -0.137. The molecule has 0 aliphatic carbocycles. The van der Waals surface area contributed by atoms with Crippen LogP contribution in [0.1, 0.15) is 12.8 Å². The Balaban J connectivity index is 1.89. The molecule has 0 saturated carbocycles. The maximum Gasteiger partial charge on any atom is 0.303 e. The number of carboxylic acids is 1. The SMILES string of the molecule is O=C(O)CCCNc1ncnc2c1oc1ccccc12. The number of benzene rings is 1. The zero-order valence-electron chi connectivity index (χ0n) is 10.7. The van der Waals surface area contributed by atoms with Crippen molar-refractivity contribution in [3.63, 3.8) is 0 Å². The van der Waals surface area contributed by atoms with Crippen molar-refractivity contribution >= 4 is 33.9 Å². The maximum absolute atomic E-state index is 10.5. The molecule has 0 atom stereocenters. The molecule has 0 unspecified atom stereocenters. The Hall–Kier alpha value is -2.63. The first kappa shape index (κ1) is 12.4. The molecule has 0 bridgehead atoms. The Kier molecular flexibility index (Phi) is 3.20. The van der Waals surface area contributed by atoms with Crippen LogP contribution in [0.4, 0.5) is 5.82 Å². The third kappa shape index (κ3) is 2.27. The molecule has 0 aliphatic heterocycles. The van der Waals surface area contributed by atoms with Gasteiger partial charge in [0.2, 0.25) is 0 Å². The van der Waals surface area contributed by atoms with Crippen LogP contribution in [0.5, 0.6) is 0 Å².